The maximum absolute atomic E-state index is 11.7. The molecule has 2 N–H and O–H groups in total. The van der Waals surface area contributed by atoms with Crippen molar-refractivity contribution < 1.29 is 4.79 Å². The van der Waals surface area contributed by atoms with Crippen LogP contribution in [0.4, 0.5) is 0 Å². The number of rotatable bonds is 6. The molecule has 1 aliphatic carbocycles. The summed E-state index contributed by atoms with van der Waals surface area (Å²) in [6.07, 6.45) is 2.52. The summed E-state index contributed by atoms with van der Waals surface area (Å²) < 4.78 is 0. The van der Waals surface area contributed by atoms with E-state index in [0.29, 0.717) is 18.5 Å². The molecular formula is C16H24N2O. The fourth-order valence-electron chi connectivity index (χ4n) is 2.34. The Balaban J connectivity index is 1.93. The molecule has 0 aliphatic heterocycles. The molecule has 3 heteroatoms. The summed E-state index contributed by atoms with van der Waals surface area (Å²) in [7, 11) is 0. The van der Waals surface area contributed by atoms with Crippen LogP contribution in [-0.4, -0.2) is 18.5 Å². The van der Waals surface area contributed by atoms with E-state index < -0.39 is 0 Å². The van der Waals surface area contributed by atoms with E-state index in [1.54, 1.807) is 0 Å². The van der Waals surface area contributed by atoms with Crippen LogP contribution in [0.5, 0.6) is 0 Å². The van der Waals surface area contributed by atoms with Crippen molar-refractivity contribution in [2.24, 2.45) is 5.92 Å². The third-order valence-corrected chi connectivity index (χ3v) is 3.46. The van der Waals surface area contributed by atoms with Crippen molar-refractivity contribution in [3.05, 3.63) is 35.4 Å². The lowest BCUT2D eigenvalue weighted by atomic mass is 10.0. The molecule has 1 amide bonds. The van der Waals surface area contributed by atoms with Gasteiger partial charge in [-0.25, -0.2) is 0 Å². The first-order chi connectivity index (χ1) is 9.06. The minimum Gasteiger partial charge on any atom is -0.353 e. The summed E-state index contributed by atoms with van der Waals surface area (Å²) >= 11 is 0. The Morgan fingerprint density at radius 1 is 1.26 bits per heavy atom. The van der Waals surface area contributed by atoms with Crippen LogP contribution in [0.3, 0.4) is 0 Å². The second-order valence-corrected chi connectivity index (χ2v) is 5.83. The van der Waals surface area contributed by atoms with Crippen LogP contribution in [0.2, 0.25) is 0 Å². The Labute approximate surface area is 115 Å². The molecule has 0 spiro atoms. The van der Waals surface area contributed by atoms with Gasteiger partial charge in [-0.05, 0) is 45.1 Å². The Kier molecular flexibility index (Phi) is 4.59. The monoisotopic (exact) mass is 260 g/mol. The molecule has 1 fully saturated rings. The lowest BCUT2D eigenvalue weighted by Gasteiger charge is -2.19. The Morgan fingerprint density at radius 2 is 1.89 bits per heavy atom. The van der Waals surface area contributed by atoms with E-state index in [-0.39, 0.29) is 11.9 Å². The highest BCUT2D eigenvalue weighted by molar-refractivity contribution is 5.78. The number of hydrogen-bond acceptors (Lipinski definition) is 2. The molecule has 104 valence electrons. The van der Waals surface area contributed by atoms with Crippen molar-refractivity contribution in [2.45, 2.75) is 45.7 Å². The van der Waals surface area contributed by atoms with Gasteiger partial charge in [-0.2, -0.15) is 0 Å². The summed E-state index contributed by atoms with van der Waals surface area (Å²) in [5.74, 6) is 0.766. The molecular weight excluding hydrogens is 236 g/mol. The zero-order chi connectivity index (χ0) is 13.8. The van der Waals surface area contributed by atoms with Crippen LogP contribution in [-0.2, 0) is 4.79 Å². The van der Waals surface area contributed by atoms with Crippen molar-refractivity contribution in [1.29, 1.82) is 0 Å². The first-order valence-electron chi connectivity index (χ1n) is 7.15. The number of amides is 1. The smallest absolute Gasteiger partial charge is 0.234 e. The van der Waals surface area contributed by atoms with Crippen molar-refractivity contribution >= 4 is 5.91 Å². The van der Waals surface area contributed by atoms with E-state index in [0.717, 1.165) is 0 Å². The van der Waals surface area contributed by atoms with E-state index >= 15 is 0 Å². The Bertz CT molecular complexity index is 421. The highest BCUT2D eigenvalue weighted by Gasteiger charge is 2.32. The van der Waals surface area contributed by atoms with E-state index in [9.17, 15) is 4.79 Å². The summed E-state index contributed by atoms with van der Waals surface area (Å²) in [5, 5.41) is 6.33. The number of carbonyl (C=O) groups excluding carboxylic acids is 1. The van der Waals surface area contributed by atoms with Crippen LogP contribution in [0.25, 0.3) is 0 Å². The molecule has 1 aliphatic rings. The zero-order valence-corrected chi connectivity index (χ0v) is 12.1. The molecule has 0 radical (unpaired) electrons. The molecule has 0 heterocycles. The van der Waals surface area contributed by atoms with Crippen LogP contribution in [0.1, 0.15) is 43.9 Å². The first-order valence-corrected chi connectivity index (χ1v) is 7.15. The van der Waals surface area contributed by atoms with Gasteiger partial charge in [0.15, 0.2) is 0 Å². The second-order valence-electron chi connectivity index (χ2n) is 5.83. The van der Waals surface area contributed by atoms with E-state index in [1.807, 2.05) is 13.8 Å². The topological polar surface area (TPSA) is 41.1 Å². The van der Waals surface area contributed by atoms with Gasteiger partial charge in [0.25, 0.3) is 0 Å². The number of nitrogens with one attached hydrogen (secondary N) is 2. The number of hydrogen-bond donors (Lipinski definition) is 2. The largest absolute Gasteiger partial charge is 0.353 e. The van der Waals surface area contributed by atoms with Gasteiger partial charge in [0, 0.05) is 12.1 Å². The average molecular weight is 260 g/mol. The average Bonchev–Trinajstić information content (AvgIpc) is 3.15. The minimum absolute atomic E-state index is 0.0766. The molecule has 1 unspecified atom stereocenters. The molecule has 1 atom stereocenters. The fraction of sp³-hybridized carbons (Fsp3) is 0.562. The number of benzene rings is 1. The number of carbonyl (C=O) groups is 1. The maximum atomic E-state index is 11.7. The lowest BCUT2D eigenvalue weighted by Crippen LogP contribution is -2.39. The summed E-state index contributed by atoms with van der Waals surface area (Å²) in [5.41, 5.74) is 2.57. The van der Waals surface area contributed by atoms with Gasteiger partial charge in [0.2, 0.25) is 5.91 Å². The van der Waals surface area contributed by atoms with E-state index in [2.05, 4.69) is 41.8 Å². The molecule has 3 nitrogen and oxygen atoms in total. The molecule has 1 saturated carbocycles. The van der Waals surface area contributed by atoms with Crippen molar-refractivity contribution in [2.75, 3.05) is 6.54 Å². The minimum atomic E-state index is 0.0766. The van der Waals surface area contributed by atoms with E-state index in [4.69, 9.17) is 0 Å². The van der Waals surface area contributed by atoms with Gasteiger partial charge in [-0.15, -0.1) is 0 Å². The maximum Gasteiger partial charge on any atom is 0.234 e. The van der Waals surface area contributed by atoms with Crippen LogP contribution < -0.4 is 10.6 Å². The summed E-state index contributed by atoms with van der Waals surface area (Å²) in [4.78, 5) is 11.7. The summed E-state index contributed by atoms with van der Waals surface area (Å²) in [6.45, 7) is 6.46. The van der Waals surface area contributed by atoms with Gasteiger partial charge in [0.05, 0.1) is 6.54 Å². The third-order valence-electron chi connectivity index (χ3n) is 3.46. The van der Waals surface area contributed by atoms with Crippen molar-refractivity contribution in [1.82, 2.24) is 10.6 Å². The van der Waals surface area contributed by atoms with Crippen molar-refractivity contribution in [3.8, 4) is 0 Å². The molecule has 0 saturated heterocycles. The zero-order valence-electron chi connectivity index (χ0n) is 12.1. The first kappa shape index (κ1) is 14.1. The Morgan fingerprint density at radius 3 is 2.42 bits per heavy atom. The van der Waals surface area contributed by atoms with Gasteiger partial charge in [0.1, 0.15) is 0 Å². The SMILES string of the molecule is Cc1ccc(C(NCC(=O)NC(C)C)C2CC2)cc1. The van der Waals surface area contributed by atoms with Gasteiger partial charge >= 0.3 is 0 Å². The summed E-state index contributed by atoms with van der Waals surface area (Å²) in [6, 6.07) is 9.14. The standard InChI is InChI=1S/C16H24N2O/c1-11(2)18-15(19)10-17-16(14-8-9-14)13-6-4-12(3)5-7-13/h4-7,11,14,16-17H,8-10H2,1-3H3,(H,18,19). The van der Waals surface area contributed by atoms with Gasteiger partial charge in [-0.3, -0.25) is 4.79 Å². The lowest BCUT2D eigenvalue weighted by molar-refractivity contribution is -0.120. The van der Waals surface area contributed by atoms with Gasteiger partial charge in [-0.1, -0.05) is 29.8 Å². The number of aryl methyl sites for hydroxylation is 1. The molecule has 1 aromatic carbocycles. The normalized spacial score (nSPS) is 16.4. The molecule has 19 heavy (non-hydrogen) atoms. The fourth-order valence-corrected chi connectivity index (χ4v) is 2.34. The second kappa shape index (κ2) is 6.20. The highest BCUT2D eigenvalue weighted by atomic mass is 16.1. The Hall–Kier alpha value is -1.35. The molecule has 2 rings (SSSR count). The van der Waals surface area contributed by atoms with Gasteiger partial charge < -0.3 is 10.6 Å². The van der Waals surface area contributed by atoms with Crippen LogP contribution in [0, 0.1) is 12.8 Å². The predicted octanol–water partition coefficient (Wildman–Crippen LogP) is 2.56. The van der Waals surface area contributed by atoms with Crippen LogP contribution >= 0.6 is 0 Å². The van der Waals surface area contributed by atoms with E-state index in [1.165, 1.54) is 24.0 Å². The quantitative estimate of drug-likeness (QED) is 0.825. The molecule has 0 bridgehead atoms. The van der Waals surface area contributed by atoms with Crippen LogP contribution in [0.15, 0.2) is 24.3 Å². The predicted molar refractivity (Wildman–Crippen MR) is 77.9 cm³/mol. The third kappa shape index (κ3) is 4.35. The highest BCUT2D eigenvalue weighted by Crippen LogP contribution is 2.40. The molecule has 1 aromatic rings. The molecule has 0 aromatic heterocycles. The van der Waals surface area contributed by atoms with Crippen molar-refractivity contribution in [3.63, 3.8) is 0 Å².